The Hall–Kier alpha value is -2.89. The fourth-order valence-corrected chi connectivity index (χ4v) is 3.41. The van der Waals surface area contributed by atoms with Gasteiger partial charge in [-0.05, 0) is 30.7 Å². The van der Waals surface area contributed by atoms with Crippen molar-refractivity contribution in [1.82, 2.24) is 9.88 Å². The molecular weight excluding hydrogens is 340 g/mol. The normalized spacial score (nSPS) is 14.1. The first-order valence-corrected chi connectivity index (χ1v) is 9.34. The smallest absolute Gasteiger partial charge is 0.224 e. The summed E-state index contributed by atoms with van der Waals surface area (Å²) in [5, 5.41) is 0. The molecule has 0 N–H and O–H groups in total. The van der Waals surface area contributed by atoms with Gasteiger partial charge in [-0.15, -0.1) is 0 Å². The van der Waals surface area contributed by atoms with Gasteiger partial charge in [-0.1, -0.05) is 24.3 Å². The lowest BCUT2D eigenvalue weighted by molar-refractivity contribution is -0.131. The number of piperazine rings is 1. The van der Waals surface area contributed by atoms with Gasteiger partial charge in [0.2, 0.25) is 11.8 Å². The van der Waals surface area contributed by atoms with Crippen LogP contribution in [0.3, 0.4) is 0 Å². The van der Waals surface area contributed by atoms with E-state index >= 15 is 0 Å². The van der Waals surface area contributed by atoms with Gasteiger partial charge < -0.3 is 14.7 Å². The van der Waals surface area contributed by atoms with Gasteiger partial charge >= 0.3 is 0 Å². The standard InChI is InChI=1S/C21H26N4O2/c1-17-7-3-4-8-19(17)25(18(2)26)12-10-21(27)24-15-13-23(14-16-24)20-9-5-6-11-22-20/h3-9,11H,10,12-16H2,1-2H3. The lowest BCUT2D eigenvalue weighted by atomic mass is 10.1. The van der Waals surface area contributed by atoms with Crippen molar-refractivity contribution >= 4 is 23.3 Å². The zero-order valence-electron chi connectivity index (χ0n) is 16.0. The summed E-state index contributed by atoms with van der Waals surface area (Å²) in [6, 6.07) is 13.6. The molecule has 27 heavy (non-hydrogen) atoms. The molecule has 1 aromatic heterocycles. The van der Waals surface area contributed by atoms with Gasteiger partial charge in [0.1, 0.15) is 5.82 Å². The maximum absolute atomic E-state index is 12.6. The first-order chi connectivity index (χ1) is 13.1. The zero-order valence-corrected chi connectivity index (χ0v) is 16.0. The quantitative estimate of drug-likeness (QED) is 0.816. The number of anilines is 2. The number of hydrogen-bond donors (Lipinski definition) is 0. The first kappa shape index (κ1) is 18.9. The van der Waals surface area contributed by atoms with Gasteiger partial charge in [0, 0.05) is 58.0 Å². The van der Waals surface area contributed by atoms with Crippen LogP contribution in [0, 0.1) is 6.92 Å². The number of benzene rings is 1. The van der Waals surface area contributed by atoms with Crippen LogP contribution < -0.4 is 9.80 Å². The molecule has 1 aliphatic rings. The number of amides is 2. The molecule has 0 saturated carbocycles. The average molecular weight is 366 g/mol. The topological polar surface area (TPSA) is 56.8 Å². The van der Waals surface area contributed by atoms with E-state index in [1.807, 2.05) is 54.3 Å². The molecule has 3 rings (SSSR count). The van der Waals surface area contributed by atoms with Crippen molar-refractivity contribution in [3.05, 3.63) is 54.2 Å². The monoisotopic (exact) mass is 366 g/mol. The number of pyridine rings is 1. The Kier molecular flexibility index (Phi) is 6.06. The molecule has 2 aromatic rings. The van der Waals surface area contributed by atoms with Gasteiger partial charge in [-0.3, -0.25) is 9.59 Å². The Bertz CT molecular complexity index is 786. The number of carbonyl (C=O) groups is 2. The predicted octanol–water partition coefficient (Wildman–Crippen LogP) is 2.48. The lowest BCUT2D eigenvalue weighted by Gasteiger charge is -2.35. The fourth-order valence-electron chi connectivity index (χ4n) is 3.41. The van der Waals surface area contributed by atoms with Crippen LogP contribution in [0.2, 0.25) is 0 Å². The van der Waals surface area contributed by atoms with Crippen LogP contribution in [-0.4, -0.2) is 54.4 Å². The first-order valence-electron chi connectivity index (χ1n) is 9.34. The maximum atomic E-state index is 12.6. The third-order valence-electron chi connectivity index (χ3n) is 4.94. The van der Waals surface area contributed by atoms with Gasteiger partial charge in [0.15, 0.2) is 0 Å². The minimum atomic E-state index is -0.0444. The Morgan fingerprint density at radius 2 is 1.74 bits per heavy atom. The highest BCUT2D eigenvalue weighted by Gasteiger charge is 2.23. The van der Waals surface area contributed by atoms with E-state index in [9.17, 15) is 9.59 Å². The Balaban J connectivity index is 1.55. The van der Waals surface area contributed by atoms with Crippen LogP contribution in [0.25, 0.3) is 0 Å². The third-order valence-corrected chi connectivity index (χ3v) is 4.94. The van der Waals surface area contributed by atoms with Crippen molar-refractivity contribution in [3.63, 3.8) is 0 Å². The average Bonchev–Trinajstić information content (AvgIpc) is 2.70. The van der Waals surface area contributed by atoms with E-state index in [1.165, 1.54) is 0 Å². The molecular formula is C21H26N4O2. The SMILES string of the molecule is CC(=O)N(CCC(=O)N1CCN(c2ccccn2)CC1)c1ccccc1C. The van der Waals surface area contributed by atoms with E-state index in [4.69, 9.17) is 0 Å². The molecule has 6 nitrogen and oxygen atoms in total. The molecule has 142 valence electrons. The molecule has 0 spiro atoms. The Morgan fingerprint density at radius 1 is 1.04 bits per heavy atom. The molecule has 2 heterocycles. The highest BCUT2D eigenvalue weighted by molar-refractivity contribution is 5.93. The van der Waals surface area contributed by atoms with Crippen LogP contribution in [0.1, 0.15) is 18.9 Å². The van der Waals surface area contributed by atoms with Crippen molar-refractivity contribution in [2.45, 2.75) is 20.3 Å². The van der Waals surface area contributed by atoms with Crippen molar-refractivity contribution in [2.75, 3.05) is 42.5 Å². The summed E-state index contributed by atoms with van der Waals surface area (Å²) in [4.78, 5) is 34.9. The van der Waals surface area contributed by atoms with Crippen LogP contribution in [0.4, 0.5) is 11.5 Å². The van der Waals surface area contributed by atoms with Crippen LogP contribution >= 0.6 is 0 Å². The highest BCUT2D eigenvalue weighted by atomic mass is 16.2. The molecule has 1 aliphatic heterocycles. The van der Waals surface area contributed by atoms with Gasteiger partial charge in [-0.2, -0.15) is 0 Å². The second-order valence-corrected chi connectivity index (χ2v) is 6.76. The minimum Gasteiger partial charge on any atom is -0.353 e. The summed E-state index contributed by atoms with van der Waals surface area (Å²) >= 11 is 0. The summed E-state index contributed by atoms with van der Waals surface area (Å²) in [5.74, 6) is 1.000. The summed E-state index contributed by atoms with van der Waals surface area (Å²) < 4.78 is 0. The molecule has 0 aliphatic carbocycles. The van der Waals surface area contributed by atoms with Crippen LogP contribution in [-0.2, 0) is 9.59 Å². The number of aryl methyl sites for hydroxylation is 1. The maximum Gasteiger partial charge on any atom is 0.224 e. The molecule has 1 saturated heterocycles. The fraction of sp³-hybridized carbons (Fsp3) is 0.381. The minimum absolute atomic E-state index is 0.0444. The summed E-state index contributed by atoms with van der Waals surface area (Å²) in [6.45, 7) is 6.83. The second-order valence-electron chi connectivity index (χ2n) is 6.76. The lowest BCUT2D eigenvalue weighted by Crippen LogP contribution is -2.49. The highest BCUT2D eigenvalue weighted by Crippen LogP contribution is 2.20. The Labute approximate surface area is 160 Å². The molecule has 0 radical (unpaired) electrons. The van der Waals surface area contributed by atoms with Gasteiger partial charge in [0.05, 0.1) is 0 Å². The van der Waals surface area contributed by atoms with E-state index in [2.05, 4.69) is 9.88 Å². The second kappa shape index (κ2) is 8.66. The molecule has 0 bridgehead atoms. The number of nitrogens with zero attached hydrogens (tertiary/aromatic N) is 4. The number of aromatic nitrogens is 1. The zero-order chi connectivity index (χ0) is 19.2. The summed E-state index contributed by atoms with van der Waals surface area (Å²) in [7, 11) is 0. The predicted molar refractivity (Wildman–Crippen MR) is 107 cm³/mol. The third kappa shape index (κ3) is 4.64. The van der Waals surface area contributed by atoms with Crippen molar-refractivity contribution < 1.29 is 9.59 Å². The summed E-state index contributed by atoms with van der Waals surface area (Å²) in [5.41, 5.74) is 1.90. The Morgan fingerprint density at radius 3 is 2.37 bits per heavy atom. The van der Waals surface area contributed by atoms with Crippen LogP contribution in [0.5, 0.6) is 0 Å². The van der Waals surface area contributed by atoms with Gasteiger partial charge in [0.25, 0.3) is 0 Å². The van der Waals surface area contributed by atoms with E-state index in [0.717, 1.165) is 30.2 Å². The van der Waals surface area contributed by atoms with Crippen molar-refractivity contribution in [3.8, 4) is 0 Å². The van der Waals surface area contributed by atoms with Gasteiger partial charge in [-0.25, -0.2) is 4.98 Å². The number of carbonyl (C=O) groups excluding carboxylic acids is 2. The van der Waals surface area contributed by atoms with E-state index in [-0.39, 0.29) is 11.8 Å². The summed E-state index contributed by atoms with van der Waals surface area (Å²) in [6.07, 6.45) is 2.12. The largest absolute Gasteiger partial charge is 0.353 e. The van der Waals surface area contributed by atoms with E-state index in [1.54, 1.807) is 18.0 Å². The van der Waals surface area contributed by atoms with E-state index < -0.39 is 0 Å². The van der Waals surface area contributed by atoms with Crippen molar-refractivity contribution in [2.24, 2.45) is 0 Å². The number of hydrogen-bond acceptors (Lipinski definition) is 4. The van der Waals surface area contributed by atoms with Crippen molar-refractivity contribution in [1.29, 1.82) is 0 Å². The number of rotatable bonds is 5. The molecule has 0 atom stereocenters. The number of para-hydroxylation sites is 1. The molecule has 1 fully saturated rings. The molecule has 0 unspecified atom stereocenters. The molecule has 6 heteroatoms. The molecule has 2 amide bonds. The van der Waals surface area contributed by atoms with E-state index in [0.29, 0.717) is 26.1 Å². The molecule has 1 aromatic carbocycles. The van der Waals surface area contributed by atoms with Crippen LogP contribution in [0.15, 0.2) is 48.7 Å².